The van der Waals surface area contributed by atoms with E-state index in [4.69, 9.17) is 4.74 Å². The summed E-state index contributed by atoms with van der Waals surface area (Å²) in [5.41, 5.74) is 3.32. The van der Waals surface area contributed by atoms with Gasteiger partial charge in [0.2, 0.25) is 5.91 Å². The molecule has 0 aliphatic heterocycles. The number of hydrogen-bond acceptors (Lipinski definition) is 5. The Hall–Kier alpha value is -2.86. The number of ether oxygens (including phenoxy) is 1. The first kappa shape index (κ1) is 18.9. The molecule has 0 aliphatic rings. The van der Waals surface area contributed by atoms with E-state index in [0.717, 1.165) is 39.0 Å². The van der Waals surface area contributed by atoms with Gasteiger partial charge in [0.1, 0.15) is 10.8 Å². The molecule has 0 aliphatic carbocycles. The lowest BCUT2D eigenvalue weighted by atomic mass is 10.1. The molecular formula is C21H21N3O2S. The number of benzene rings is 2. The second-order valence-corrected chi connectivity index (χ2v) is 7.13. The van der Waals surface area contributed by atoms with E-state index < -0.39 is 0 Å². The van der Waals surface area contributed by atoms with E-state index >= 15 is 0 Å². The van der Waals surface area contributed by atoms with Gasteiger partial charge in [0, 0.05) is 11.3 Å². The number of hydrogen-bond donors (Lipinski definition) is 1. The van der Waals surface area contributed by atoms with E-state index in [9.17, 15) is 4.79 Å². The Morgan fingerprint density at radius 2 is 1.93 bits per heavy atom. The molecule has 0 saturated heterocycles. The summed E-state index contributed by atoms with van der Waals surface area (Å²) in [5.74, 6) is 1.62. The summed E-state index contributed by atoms with van der Waals surface area (Å²) in [4.78, 5) is 12.4. The summed E-state index contributed by atoms with van der Waals surface area (Å²) >= 11 is 1.65. The second kappa shape index (κ2) is 9.19. The molecule has 5 nitrogen and oxygen atoms in total. The normalized spacial score (nSPS) is 10.4. The first-order valence-electron chi connectivity index (χ1n) is 8.67. The monoisotopic (exact) mass is 379 g/mol. The SMILES string of the molecule is CCSc1ccc(-c2cccc(NC(=O)Cc3cccc(OC)c3)c2)nn1. The smallest absolute Gasteiger partial charge is 0.228 e. The highest BCUT2D eigenvalue weighted by atomic mass is 32.2. The van der Waals surface area contributed by atoms with Crippen LogP contribution >= 0.6 is 11.8 Å². The van der Waals surface area contributed by atoms with Crippen molar-refractivity contribution < 1.29 is 9.53 Å². The minimum Gasteiger partial charge on any atom is -0.497 e. The van der Waals surface area contributed by atoms with Crippen LogP contribution < -0.4 is 10.1 Å². The molecule has 0 bridgehead atoms. The number of thioether (sulfide) groups is 1. The molecule has 3 rings (SSSR count). The predicted octanol–water partition coefficient (Wildman–Crippen LogP) is 4.45. The molecule has 0 radical (unpaired) electrons. The van der Waals surface area contributed by atoms with Gasteiger partial charge >= 0.3 is 0 Å². The number of amides is 1. The Morgan fingerprint density at radius 3 is 2.67 bits per heavy atom. The number of carbonyl (C=O) groups is 1. The molecule has 138 valence electrons. The van der Waals surface area contributed by atoms with Crippen LogP contribution in [0, 0.1) is 0 Å². The summed E-state index contributed by atoms with van der Waals surface area (Å²) in [6.07, 6.45) is 0.282. The highest BCUT2D eigenvalue weighted by Gasteiger charge is 2.07. The van der Waals surface area contributed by atoms with Gasteiger partial charge in [0.25, 0.3) is 0 Å². The van der Waals surface area contributed by atoms with Crippen molar-refractivity contribution in [3.63, 3.8) is 0 Å². The number of nitrogens with one attached hydrogen (secondary N) is 1. The lowest BCUT2D eigenvalue weighted by molar-refractivity contribution is -0.115. The van der Waals surface area contributed by atoms with Crippen LogP contribution in [0.15, 0.2) is 65.7 Å². The average molecular weight is 379 g/mol. The number of carbonyl (C=O) groups excluding carboxylic acids is 1. The number of nitrogens with zero attached hydrogens (tertiary/aromatic N) is 2. The molecule has 1 N–H and O–H groups in total. The van der Waals surface area contributed by atoms with Crippen molar-refractivity contribution >= 4 is 23.4 Å². The second-order valence-electron chi connectivity index (χ2n) is 5.85. The van der Waals surface area contributed by atoms with Gasteiger partial charge in [-0.15, -0.1) is 22.0 Å². The number of rotatable bonds is 7. The van der Waals surface area contributed by atoms with E-state index in [1.807, 2.05) is 60.7 Å². The minimum absolute atomic E-state index is 0.0822. The summed E-state index contributed by atoms with van der Waals surface area (Å²) in [6, 6.07) is 19.0. The standard InChI is InChI=1S/C21H21N3O2S/c1-3-27-21-11-10-19(23-24-21)16-7-5-8-17(14-16)22-20(25)13-15-6-4-9-18(12-15)26-2/h4-12,14H,3,13H2,1-2H3,(H,22,25). The fourth-order valence-electron chi connectivity index (χ4n) is 2.63. The average Bonchev–Trinajstić information content (AvgIpc) is 2.69. The topological polar surface area (TPSA) is 64.1 Å². The molecule has 1 aromatic heterocycles. The Balaban J connectivity index is 1.68. The number of anilines is 1. The van der Waals surface area contributed by atoms with E-state index in [2.05, 4.69) is 22.4 Å². The molecule has 0 fully saturated rings. The first-order chi connectivity index (χ1) is 13.2. The number of methoxy groups -OCH3 is 1. The third-order valence-electron chi connectivity index (χ3n) is 3.87. The molecule has 1 heterocycles. The maximum atomic E-state index is 12.4. The van der Waals surface area contributed by atoms with Crippen LogP contribution in [0.5, 0.6) is 5.75 Å². The third kappa shape index (κ3) is 5.31. The van der Waals surface area contributed by atoms with E-state index in [1.54, 1.807) is 18.9 Å². The minimum atomic E-state index is -0.0822. The predicted molar refractivity (Wildman–Crippen MR) is 109 cm³/mol. The maximum absolute atomic E-state index is 12.4. The van der Waals surface area contributed by atoms with E-state index in [0.29, 0.717) is 0 Å². The Bertz CT molecular complexity index is 913. The van der Waals surface area contributed by atoms with Crippen molar-refractivity contribution in [1.82, 2.24) is 10.2 Å². The summed E-state index contributed by atoms with van der Waals surface area (Å²) in [7, 11) is 1.61. The van der Waals surface area contributed by atoms with Crippen LogP contribution in [0.3, 0.4) is 0 Å². The third-order valence-corrected chi connectivity index (χ3v) is 4.68. The van der Waals surface area contributed by atoms with Gasteiger partial charge in [-0.25, -0.2) is 0 Å². The van der Waals surface area contributed by atoms with Crippen LogP contribution in [0.4, 0.5) is 5.69 Å². The van der Waals surface area contributed by atoms with E-state index in [-0.39, 0.29) is 12.3 Å². The van der Waals surface area contributed by atoms with Gasteiger partial charge in [-0.3, -0.25) is 4.79 Å². The number of aromatic nitrogens is 2. The Labute approximate surface area is 163 Å². The molecule has 27 heavy (non-hydrogen) atoms. The lowest BCUT2D eigenvalue weighted by Crippen LogP contribution is -2.14. The fraction of sp³-hybridized carbons (Fsp3) is 0.190. The largest absolute Gasteiger partial charge is 0.497 e. The van der Waals surface area contributed by atoms with Crippen LogP contribution in [0.2, 0.25) is 0 Å². The fourth-order valence-corrected chi connectivity index (χ4v) is 3.19. The highest BCUT2D eigenvalue weighted by Crippen LogP contribution is 2.22. The molecule has 1 amide bonds. The maximum Gasteiger partial charge on any atom is 0.228 e. The quantitative estimate of drug-likeness (QED) is 0.615. The van der Waals surface area contributed by atoms with Gasteiger partial charge in [-0.2, -0.15) is 0 Å². The van der Waals surface area contributed by atoms with Crippen molar-refractivity contribution in [3.05, 3.63) is 66.2 Å². The summed E-state index contributed by atoms with van der Waals surface area (Å²) in [5, 5.41) is 12.3. The van der Waals surface area contributed by atoms with Crippen LogP contribution in [-0.4, -0.2) is 29.0 Å². The first-order valence-corrected chi connectivity index (χ1v) is 9.66. The van der Waals surface area contributed by atoms with Gasteiger partial charge in [0.15, 0.2) is 0 Å². The molecule has 2 aromatic carbocycles. The van der Waals surface area contributed by atoms with Crippen molar-refractivity contribution in [1.29, 1.82) is 0 Å². The van der Waals surface area contributed by atoms with Crippen LogP contribution in [0.25, 0.3) is 11.3 Å². The van der Waals surface area contributed by atoms with Crippen molar-refractivity contribution in [2.45, 2.75) is 18.4 Å². The van der Waals surface area contributed by atoms with Gasteiger partial charge < -0.3 is 10.1 Å². The molecule has 0 unspecified atom stereocenters. The van der Waals surface area contributed by atoms with Gasteiger partial charge in [0.05, 0.1) is 19.2 Å². The van der Waals surface area contributed by atoms with Gasteiger partial charge in [-0.05, 0) is 47.7 Å². The Morgan fingerprint density at radius 1 is 1.07 bits per heavy atom. The van der Waals surface area contributed by atoms with Crippen LogP contribution in [0.1, 0.15) is 12.5 Å². The lowest BCUT2D eigenvalue weighted by Gasteiger charge is -2.08. The van der Waals surface area contributed by atoms with Crippen LogP contribution in [-0.2, 0) is 11.2 Å². The zero-order valence-electron chi connectivity index (χ0n) is 15.3. The zero-order chi connectivity index (χ0) is 19.1. The highest BCUT2D eigenvalue weighted by molar-refractivity contribution is 7.99. The molecule has 6 heteroatoms. The van der Waals surface area contributed by atoms with Gasteiger partial charge in [-0.1, -0.05) is 31.2 Å². The van der Waals surface area contributed by atoms with Crippen molar-refractivity contribution in [3.8, 4) is 17.0 Å². The van der Waals surface area contributed by atoms with Crippen molar-refractivity contribution in [2.75, 3.05) is 18.2 Å². The summed E-state index contributed by atoms with van der Waals surface area (Å²) < 4.78 is 5.20. The summed E-state index contributed by atoms with van der Waals surface area (Å²) in [6.45, 7) is 2.08. The Kier molecular flexibility index (Phi) is 6.44. The molecule has 0 atom stereocenters. The van der Waals surface area contributed by atoms with E-state index in [1.165, 1.54) is 0 Å². The van der Waals surface area contributed by atoms with Crippen molar-refractivity contribution in [2.24, 2.45) is 0 Å². The molecule has 0 spiro atoms. The molecule has 3 aromatic rings. The molecule has 0 saturated carbocycles. The zero-order valence-corrected chi connectivity index (χ0v) is 16.1. The molecular weight excluding hydrogens is 358 g/mol.